The van der Waals surface area contributed by atoms with Crippen LogP contribution in [0.15, 0.2) is 35.1 Å². The smallest absolute Gasteiger partial charge is 0.258 e. The van der Waals surface area contributed by atoms with Crippen LogP contribution < -0.4 is 16.0 Å². The van der Waals surface area contributed by atoms with Gasteiger partial charge in [0.15, 0.2) is 5.88 Å². The molecule has 0 aliphatic rings. The number of hydrogen-bond acceptors (Lipinski definition) is 3. The zero-order valence-electron chi connectivity index (χ0n) is 8.90. The molecular formula is C12H14N2O2. The molecule has 0 atom stereocenters. The van der Waals surface area contributed by atoms with E-state index in [0.717, 1.165) is 11.8 Å². The molecule has 1 aromatic heterocycles. The molecule has 2 aromatic rings. The number of H-pyrrole nitrogens is 1. The van der Waals surface area contributed by atoms with Crippen molar-refractivity contribution in [3.8, 4) is 5.88 Å². The summed E-state index contributed by atoms with van der Waals surface area (Å²) in [6.07, 6.45) is 0.773. The van der Waals surface area contributed by atoms with Gasteiger partial charge in [0, 0.05) is 11.5 Å². The van der Waals surface area contributed by atoms with E-state index >= 15 is 0 Å². The third kappa shape index (κ3) is 2.23. The summed E-state index contributed by atoms with van der Waals surface area (Å²) in [4.78, 5) is 14.4. The molecule has 0 aliphatic carbocycles. The van der Waals surface area contributed by atoms with Gasteiger partial charge in [-0.05, 0) is 24.4 Å². The first-order valence-corrected chi connectivity index (χ1v) is 5.26. The molecule has 3 N–H and O–H groups in total. The number of nitrogens with two attached hydrogens (primary N) is 1. The molecule has 0 unspecified atom stereocenters. The van der Waals surface area contributed by atoms with E-state index in [-0.39, 0.29) is 5.56 Å². The van der Waals surface area contributed by atoms with E-state index in [4.69, 9.17) is 10.5 Å². The number of fused-ring (bicyclic) bond motifs is 1. The van der Waals surface area contributed by atoms with Crippen molar-refractivity contribution < 1.29 is 4.74 Å². The number of aromatic amines is 1. The van der Waals surface area contributed by atoms with Gasteiger partial charge in [-0.15, -0.1) is 0 Å². The molecule has 1 aromatic carbocycles. The van der Waals surface area contributed by atoms with Crippen molar-refractivity contribution in [2.24, 2.45) is 5.73 Å². The van der Waals surface area contributed by atoms with Crippen LogP contribution in [0.5, 0.6) is 5.88 Å². The standard InChI is InChI=1S/C12H14N2O2/c13-6-3-7-16-11-8-9-4-1-2-5-10(9)12(15)14-11/h1-2,4-5,8H,3,6-7,13H2,(H,14,15). The lowest BCUT2D eigenvalue weighted by Crippen LogP contribution is -2.11. The van der Waals surface area contributed by atoms with Gasteiger partial charge >= 0.3 is 0 Å². The number of ether oxygens (including phenoxy) is 1. The molecule has 2 rings (SSSR count). The Hall–Kier alpha value is -1.81. The normalized spacial score (nSPS) is 10.6. The van der Waals surface area contributed by atoms with Crippen LogP contribution in [0.2, 0.25) is 0 Å². The molecule has 0 fully saturated rings. The van der Waals surface area contributed by atoms with Gasteiger partial charge in [-0.25, -0.2) is 0 Å². The van der Waals surface area contributed by atoms with Gasteiger partial charge in [-0.2, -0.15) is 0 Å². The molecule has 1 heterocycles. The second-order valence-corrected chi connectivity index (χ2v) is 3.54. The molecule has 0 bridgehead atoms. The van der Waals surface area contributed by atoms with Crippen LogP contribution in [0.4, 0.5) is 0 Å². The third-order valence-electron chi connectivity index (χ3n) is 2.33. The van der Waals surface area contributed by atoms with Gasteiger partial charge in [0.05, 0.1) is 6.61 Å². The fraction of sp³-hybridized carbons (Fsp3) is 0.250. The van der Waals surface area contributed by atoms with Gasteiger partial charge in [0.1, 0.15) is 0 Å². The Balaban J connectivity index is 2.31. The predicted molar refractivity (Wildman–Crippen MR) is 63.7 cm³/mol. The van der Waals surface area contributed by atoms with Gasteiger partial charge < -0.3 is 10.5 Å². The first-order chi connectivity index (χ1) is 7.81. The molecule has 0 spiro atoms. The first kappa shape index (κ1) is 10.7. The van der Waals surface area contributed by atoms with Crippen molar-refractivity contribution in [2.75, 3.05) is 13.2 Å². The fourth-order valence-corrected chi connectivity index (χ4v) is 1.53. The molecule has 0 radical (unpaired) electrons. The maximum absolute atomic E-state index is 11.7. The molecule has 4 heteroatoms. The molecule has 84 valence electrons. The van der Waals surface area contributed by atoms with Crippen LogP contribution in [0, 0.1) is 0 Å². The number of hydrogen-bond donors (Lipinski definition) is 2. The van der Waals surface area contributed by atoms with E-state index in [1.54, 1.807) is 6.07 Å². The summed E-state index contributed by atoms with van der Waals surface area (Å²) in [6.45, 7) is 1.10. The van der Waals surface area contributed by atoms with Crippen LogP contribution in [0.25, 0.3) is 10.8 Å². The van der Waals surface area contributed by atoms with E-state index in [0.29, 0.717) is 24.4 Å². The van der Waals surface area contributed by atoms with E-state index in [1.807, 2.05) is 24.3 Å². The van der Waals surface area contributed by atoms with Crippen molar-refractivity contribution in [1.82, 2.24) is 4.98 Å². The minimum atomic E-state index is -0.124. The average Bonchev–Trinajstić information content (AvgIpc) is 2.30. The number of benzene rings is 1. The molecule has 16 heavy (non-hydrogen) atoms. The lowest BCUT2D eigenvalue weighted by atomic mass is 10.2. The largest absolute Gasteiger partial charge is 0.479 e. The van der Waals surface area contributed by atoms with Crippen molar-refractivity contribution in [3.05, 3.63) is 40.7 Å². The molecule has 0 saturated carbocycles. The lowest BCUT2D eigenvalue weighted by molar-refractivity contribution is 0.301. The van der Waals surface area contributed by atoms with Gasteiger partial charge in [-0.3, -0.25) is 9.78 Å². The number of nitrogens with one attached hydrogen (secondary N) is 1. The van der Waals surface area contributed by atoms with Crippen molar-refractivity contribution in [3.63, 3.8) is 0 Å². The zero-order valence-corrected chi connectivity index (χ0v) is 8.90. The van der Waals surface area contributed by atoms with Gasteiger partial charge in [0.2, 0.25) is 0 Å². The fourth-order valence-electron chi connectivity index (χ4n) is 1.53. The minimum Gasteiger partial charge on any atom is -0.479 e. The summed E-state index contributed by atoms with van der Waals surface area (Å²) >= 11 is 0. The highest BCUT2D eigenvalue weighted by Crippen LogP contribution is 2.14. The van der Waals surface area contributed by atoms with Crippen LogP contribution in [-0.4, -0.2) is 18.1 Å². The topological polar surface area (TPSA) is 68.1 Å². The zero-order chi connectivity index (χ0) is 11.4. The Morgan fingerprint density at radius 2 is 2.12 bits per heavy atom. The van der Waals surface area contributed by atoms with Gasteiger partial charge in [0.25, 0.3) is 5.56 Å². The second-order valence-electron chi connectivity index (χ2n) is 3.54. The Labute approximate surface area is 93.0 Å². The summed E-state index contributed by atoms with van der Waals surface area (Å²) in [5.41, 5.74) is 5.24. The summed E-state index contributed by atoms with van der Waals surface area (Å²) in [5, 5.41) is 1.56. The van der Waals surface area contributed by atoms with E-state index < -0.39 is 0 Å². The van der Waals surface area contributed by atoms with E-state index in [2.05, 4.69) is 4.98 Å². The van der Waals surface area contributed by atoms with Crippen molar-refractivity contribution >= 4 is 10.8 Å². The molecule has 4 nitrogen and oxygen atoms in total. The Kier molecular flexibility index (Phi) is 3.22. The monoisotopic (exact) mass is 218 g/mol. The highest BCUT2D eigenvalue weighted by atomic mass is 16.5. The Morgan fingerprint density at radius 1 is 1.31 bits per heavy atom. The van der Waals surface area contributed by atoms with Crippen LogP contribution in [-0.2, 0) is 0 Å². The Bertz CT molecular complexity index is 534. The maximum Gasteiger partial charge on any atom is 0.258 e. The molecule has 0 amide bonds. The summed E-state index contributed by atoms with van der Waals surface area (Å²) < 4.78 is 5.40. The second kappa shape index (κ2) is 4.81. The predicted octanol–water partition coefficient (Wildman–Crippen LogP) is 1.26. The number of pyridine rings is 1. The highest BCUT2D eigenvalue weighted by Gasteiger charge is 2.01. The molecule has 0 aliphatic heterocycles. The SMILES string of the molecule is NCCCOc1cc2ccccc2c(=O)[nH]1. The van der Waals surface area contributed by atoms with Crippen molar-refractivity contribution in [1.29, 1.82) is 0 Å². The van der Waals surface area contributed by atoms with Crippen LogP contribution >= 0.6 is 0 Å². The first-order valence-electron chi connectivity index (χ1n) is 5.26. The van der Waals surface area contributed by atoms with Crippen molar-refractivity contribution in [2.45, 2.75) is 6.42 Å². The molecular weight excluding hydrogens is 204 g/mol. The molecule has 0 saturated heterocycles. The maximum atomic E-state index is 11.7. The van der Waals surface area contributed by atoms with E-state index in [9.17, 15) is 4.79 Å². The highest BCUT2D eigenvalue weighted by molar-refractivity contribution is 5.82. The van der Waals surface area contributed by atoms with Crippen LogP contribution in [0.3, 0.4) is 0 Å². The average molecular weight is 218 g/mol. The minimum absolute atomic E-state index is 0.124. The quantitative estimate of drug-likeness (QED) is 0.759. The third-order valence-corrected chi connectivity index (χ3v) is 2.33. The summed E-state index contributed by atoms with van der Waals surface area (Å²) in [7, 11) is 0. The van der Waals surface area contributed by atoms with Crippen LogP contribution in [0.1, 0.15) is 6.42 Å². The number of rotatable bonds is 4. The van der Waals surface area contributed by atoms with E-state index in [1.165, 1.54) is 0 Å². The van der Waals surface area contributed by atoms with Gasteiger partial charge in [-0.1, -0.05) is 18.2 Å². The summed E-state index contributed by atoms with van der Waals surface area (Å²) in [5.74, 6) is 0.497. The summed E-state index contributed by atoms with van der Waals surface area (Å²) in [6, 6.07) is 9.24. The lowest BCUT2D eigenvalue weighted by Gasteiger charge is -2.05. The Morgan fingerprint density at radius 3 is 2.94 bits per heavy atom. The number of aromatic nitrogens is 1.